The van der Waals surface area contributed by atoms with E-state index in [0.717, 1.165) is 23.9 Å². The van der Waals surface area contributed by atoms with Crippen LogP contribution in [0.2, 0.25) is 0 Å². The fourth-order valence-electron chi connectivity index (χ4n) is 3.79. The van der Waals surface area contributed by atoms with Gasteiger partial charge in [0.2, 0.25) is 0 Å². The Morgan fingerprint density at radius 3 is 2.65 bits per heavy atom. The van der Waals surface area contributed by atoms with Gasteiger partial charge >= 0.3 is 0 Å². The Balaban J connectivity index is 1.67. The summed E-state index contributed by atoms with van der Waals surface area (Å²) in [4.78, 5) is 17.3. The normalized spacial score (nSPS) is 10.9. The summed E-state index contributed by atoms with van der Waals surface area (Å²) in [6, 6.07) is 19.3. The average Bonchev–Trinajstić information content (AvgIpc) is 3.19. The minimum absolute atomic E-state index is 0.123. The number of carbonyl (C=O) groups excluding carboxylic acids is 1. The number of carbonyl (C=O) groups is 1. The van der Waals surface area contributed by atoms with Crippen molar-refractivity contribution >= 4 is 16.9 Å². The number of amides is 1. The van der Waals surface area contributed by atoms with Crippen LogP contribution in [0.15, 0.2) is 66.7 Å². The van der Waals surface area contributed by atoms with Crippen LogP contribution in [-0.2, 0) is 13.2 Å². The van der Waals surface area contributed by atoms with Gasteiger partial charge < -0.3 is 19.4 Å². The van der Waals surface area contributed by atoms with Crippen LogP contribution in [0.25, 0.3) is 11.0 Å². The van der Waals surface area contributed by atoms with Gasteiger partial charge in [-0.05, 0) is 54.4 Å². The summed E-state index contributed by atoms with van der Waals surface area (Å²) < 4.78 is 27.2. The van der Waals surface area contributed by atoms with Crippen LogP contribution in [0.1, 0.15) is 41.5 Å². The number of para-hydroxylation sites is 2. The summed E-state index contributed by atoms with van der Waals surface area (Å²) in [5.74, 6) is 1.47. The van der Waals surface area contributed by atoms with Crippen LogP contribution in [0.4, 0.5) is 4.39 Å². The third-order valence-electron chi connectivity index (χ3n) is 5.56. The Morgan fingerprint density at radius 2 is 1.88 bits per heavy atom. The third kappa shape index (κ3) is 5.36. The molecule has 0 aliphatic rings. The zero-order valence-corrected chi connectivity index (χ0v) is 19.4. The smallest absolute Gasteiger partial charge is 0.251 e. The number of imidazole rings is 1. The molecule has 0 aliphatic carbocycles. The van der Waals surface area contributed by atoms with Gasteiger partial charge in [-0.25, -0.2) is 9.37 Å². The van der Waals surface area contributed by atoms with Gasteiger partial charge in [0, 0.05) is 18.7 Å². The fraction of sp³-hybridized carbons (Fsp3) is 0.259. The maximum atomic E-state index is 13.8. The van der Waals surface area contributed by atoms with Crippen molar-refractivity contribution in [1.82, 2.24) is 14.9 Å². The number of unbranched alkanes of at least 4 members (excludes halogenated alkanes) is 1. The molecular weight excluding hydrogens is 433 g/mol. The summed E-state index contributed by atoms with van der Waals surface area (Å²) >= 11 is 0. The zero-order chi connectivity index (χ0) is 23.9. The van der Waals surface area contributed by atoms with Crippen molar-refractivity contribution in [2.75, 3.05) is 13.7 Å². The topological polar surface area (TPSA) is 65.4 Å². The SMILES string of the molecule is CCCCNC(=O)c1ccc2c(c1)nc(COc1ccccc1OC)n2Cc1cccc(F)c1. The van der Waals surface area contributed by atoms with E-state index in [1.165, 1.54) is 12.1 Å². The summed E-state index contributed by atoms with van der Waals surface area (Å²) in [5.41, 5.74) is 2.88. The maximum absolute atomic E-state index is 13.8. The summed E-state index contributed by atoms with van der Waals surface area (Å²) in [6.45, 7) is 3.32. The number of halogens is 1. The highest BCUT2D eigenvalue weighted by Crippen LogP contribution is 2.27. The van der Waals surface area contributed by atoms with Crippen molar-refractivity contribution < 1.29 is 18.7 Å². The highest BCUT2D eigenvalue weighted by atomic mass is 19.1. The second kappa shape index (κ2) is 10.8. The Bertz CT molecular complexity index is 1290. The maximum Gasteiger partial charge on any atom is 0.251 e. The van der Waals surface area contributed by atoms with Crippen LogP contribution in [0.3, 0.4) is 0 Å². The predicted molar refractivity (Wildman–Crippen MR) is 130 cm³/mol. The number of methoxy groups -OCH3 is 1. The van der Waals surface area contributed by atoms with Gasteiger partial charge in [-0.1, -0.05) is 37.6 Å². The van der Waals surface area contributed by atoms with Crippen LogP contribution in [0.5, 0.6) is 11.5 Å². The predicted octanol–water partition coefficient (Wildman–Crippen LogP) is 5.34. The second-order valence-corrected chi connectivity index (χ2v) is 8.00. The summed E-state index contributed by atoms with van der Waals surface area (Å²) in [6.07, 6.45) is 1.94. The van der Waals surface area contributed by atoms with E-state index in [-0.39, 0.29) is 18.3 Å². The van der Waals surface area contributed by atoms with Crippen molar-refractivity contribution in [2.24, 2.45) is 0 Å². The molecule has 34 heavy (non-hydrogen) atoms. The molecule has 0 aliphatic heterocycles. The van der Waals surface area contributed by atoms with Crippen molar-refractivity contribution in [3.8, 4) is 11.5 Å². The van der Waals surface area contributed by atoms with Crippen LogP contribution >= 0.6 is 0 Å². The lowest BCUT2D eigenvalue weighted by atomic mass is 10.1. The van der Waals surface area contributed by atoms with E-state index in [0.29, 0.717) is 41.5 Å². The lowest BCUT2D eigenvalue weighted by molar-refractivity contribution is 0.0953. The van der Waals surface area contributed by atoms with Gasteiger partial charge in [0.25, 0.3) is 5.91 Å². The number of nitrogens with one attached hydrogen (secondary N) is 1. The number of benzene rings is 3. The fourth-order valence-corrected chi connectivity index (χ4v) is 3.79. The molecule has 4 rings (SSSR count). The monoisotopic (exact) mass is 461 g/mol. The molecule has 1 aromatic heterocycles. The molecule has 1 amide bonds. The van der Waals surface area contributed by atoms with E-state index >= 15 is 0 Å². The molecule has 3 aromatic carbocycles. The number of hydrogen-bond donors (Lipinski definition) is 1. The Morgan fingerprint density at radius 1 is 1.06 bits per heavy atom. The minimum atomic E-state index is -0.292. The zero-order valence-electron chi connectivity index (χ0n) is 19.4. The number of ether oxygens (including phenoxy) is 2. The van der Waals surface area contributed by atoms with Gasteiger partial charge in [0.1, 0.15) is 18.2 Å². The van der Waals surface area contributed by atoms with Crippen LogP contribution in [0, 0.1) is 5.82 Å². The Kier molecular flexibility index (Phi) is 7.42. The molecule has 0 fully saturated rings. The highest BCUT2D eigenvalue weighted by molar-refractivity contribution is 5.97. The molecule has 0 spiro atoms. The molecule has 7 heteroatoms. The molecular formula is C27H28FN3O3. The van der Waals surface area contributed by atoms with E-state index in [2.05, 4.69) is 12.2 Å². The first kappa shape index (κ1) is 23.3. The van der Waals surface area contributed by atoms with Crippen LogP contribution in [-0.4, -0.2) is 29.1 Å². The van der Waals surface area contributed by atoms with E-state index in [1.807, 2.05) is 41.0 Å². The van der Waals surface area contributed by atoms with E-state index in [4.69, 9.17) is 14.5 Å². The number of nitrogens with zero attached hydrogens (tertiary/aromatic N) is 2. The van der Waals surface area contributed by atoms with Gasteiger partial charge in [-0.15, -0.1) is 0 Å². The van der Waals surface area contributed by atoms with Gasteiger partial charge in [-0.3, -0.25) is 4.79 Å². The first-order valence-electron chi connectivity index (χ1n) is 11.4. The number of aromatic nitrogens is 2. The molecule has 0 radical (unpaired) electrons. The quantitative estimate of drug-likeness (QED) is 0.324. The molecule has 6 nitrogen and oxygen atoms in total. The Labute approximate surface area is 198 Å². The third-order valence-corrected chi connectivity index (χ3v) is 5.56. The average molecular weight is 462 g/mol. The van der Waals surface area contributed by atoms with E-state index in [1.54, 1.807) is 25.3 Å². The molecule has 4 aromatic rings. The van der Waals surface area contributed by atoms with Gasteiger partial charge in [-0.2, -0.15) is 0 Å². The molecule has 1 N–H and O–H groups in total. The molecule has 0 saturated heterocycles. The van der Waals surface area contributed by atoms with Crippen molar-refractivity contribution in [3.63, 3.8) is 0 Å². The number of fused-ring (bicyclic) bond motifs is 1. The largest absolute Gasteiger partial charge is 0.493 e. The molecule has 176 valence electrons. The molecule has 0 unspecified atom stereocenters. The van der Waals surface area contributed by atoms with Crippen molar-refractivity contribution in [1.29, 1.82) is 0 Å². The van der Waals surface area contributed by atoms with E-state index in [9.17, 15) is 9.18 Å². The second-order valence-electron chi connectivity index (χ2n) is 8.00. The van der Waals surface area contributed by atoms with Gasteiger partial charge in [0.05, 0.1) is 18.1 Å². The highest BCUT2D eigenvalue weighted by Gasteiger charge is 2.16. The molecule has 1 heterocycles. The number of rotatable bonds is 10. The molecule has 0 atom stereocenters. The first-order chi connectivity index (χ1) is 16.6. The number of hydrogen-bond acceptors (Lipinski definition) is 4. The van der Waals surface area contributed by atoms with Gasteiger partial charge in [0.15, 0.2) is 11.5 Å². The summed E-state index contributed by atoms with van der Waals surface area (Å²) in [5, 5.41) is 2.94. The van der Waals surface area contributed by atoms with Crippen LogP contribution < -0.4 is 14.8 Å². The lowest BCUT2D eigenvalue weighted by Gasteiger charge is -2.13. The van der Waals surface area contributed by atoms with E-state index < -0.39 is 0 Å². The molecule has 0 bridgehead atoms. The van der Waals surface area contributed by atoms with Crippen molar-refractivity contribution in [3.05, 3.63) is 89.5 Å². The standard InChI is InChI=1S/C27H28FN3O3/c1-3-4-14-29-27(32)20-12-13-23-22(16-20)30-26(18-34-25-11-6-5-10-24(25)33-2)31(23)17-19-8-7-9-21(28)15-19/h5-13,15-16H,3-4,14,17-18H2,1-2H3,(H,29,32). The minimum Gasteiger partial charge on any atom is -0.493 e. The van der Waals surface area contributed by atoms with Crippen molar-refractivity contribution in [2.45, 2.75) is 32.9 Å². The summed E-state index contributed by atoms with van der Waals surface area (Å²) in [7, 11) is 1.59. The lowest BCUT2D eigenvalue weighted by Crippen LogP contribution is -2.24. The molecule has 0 saturated carbocycles. The first-order valence-corrected chi connectivity index (χ1v) is 11.4. The Hall–Kier alpha value is -3.87.